The van der Waals surface area contributed by atoms with Gasteiger partial charge in [-0.2, -0.15) is 0 Å². The van der Waals surface area contributed by atoms with Crippen molar-refractivity contribution in [3.63, 3.8) is 0 Å². The molecule has 1 aromatic rings. The molecule has 14 heavy (non-hydrogen) atoms. The van der Waals surface area contributed by atoms with E-state index in [4.69, 9.17) is 16.3 Å². The molecular formula is C11H13ClO2. The van der Waals surface area contributed by atoms with Crippen LogP contribution >= 0.6 is 11.6 Å². The summed E-state index contributed by atoms with van der Waals surface area (Å²) in [5, 5.41) is 0.559. The van der Waals surface area contributed by atoms with Crippen molar-refractivity contribution in [2.24, 2.45) is 5.41 Å². The maximum atomic E-state index is 11.5. The van der Waals surface area contributed by atoms with Crippen LogP contribution < -0.4 is 4.74 Å². The number of hydrogen-bond acceptors (Lipinski definition) is 2. The second kappa shape index (κ2) is 4.01. The third-order valence-corrected chi connectivity index (χ3v) is 1.85. The van der Waals surface area contributed by atoms with E-state index in [-0.39, 0.29) is 5.97 Å². The monoisotopic (exact) mass is 212 g/mol. The molecule has 0 radical (unpaired) electrons. The normalized spacial score (nSPS) is 11.1. The van der Waals surface area contributed by atoms with Gasteiger partial charge >= 0.3 is 5.97 Å². The highest BCUT2D eigenvalue weighted by Crippen LogP contribution is 2.21. The van der Waals surface area contributed by atoms with Crippen molar-refractivity contribution in [3.8, 4) is 5.75 Å². The van der Waals surface area contributed by atoms with Gasteiger partial charge in [0.25, 0.3) is 0 Å². The summed E-state index contributed by atoms with van der Waals surface area (Å²) in [5.74, 6) is 0.220. The molecule has 0 saturated heterocycles. The minimum Gasteiger partial charge on any atom is -0.426 e. The molecule has 0 unspecified atom stereocenters. The topological polar surface area (TPSA) is 26.3 Å². The largest absolute Gasteiger partial charge is 0.426 e. The molecule has 0 amide bonds. The fraction of sp³-hybridized carbons (Fsp3) is 0.364. The van der Waals surface area contributed by atoms with Crippen LogP contribution in [0.1, 0.15) is 20.8 Å². The lowest BCUT2D eigenvalue weighted by Crippen LogP contribution is -2.25. The first kappa shape index (κ1) is 11.1. The number of halogens is 1. The van der Waals surface area contributed by atoms with Gasteiger partial charge in [0.1, 0.15) is 5.75 Å². The van der Waals surface area contributed by atoms with Gasteiger partial charge in [-0.15, -0.1) is 0 Å². The molecule has 0 heterocycles. The van der Waals surface area contributed by atoms with Crippen molar-refractivity contribution in [2.45, 2.75) is 20.8 Å². The molecule has 0 N–H and O–H groups in total. The smallest absolute Gasteiger partial charge is 0.316 e. The summed E-state index contributed by atoms with van der Waals surface area (Å²) in [7, 11) is 0. The van der Waals surface area contributed by atoms with E-state index in [0.717, 1.165) is 0 Å². The number of carbonyl (C=O) groups is 1. The highest BCUT2D eigenvalue weighted by molar-refractivity contribution is 6.30. The molecule has 0 aliphatic rings. The zero-order valence-electron chi connectivity index (χ0n) is 8.50. The van der Waals surface area contributed by atoms with Gasteiger partial charge in [-0.05, 0) is 39.0 Å². The quantitative estimate of drug-likeness (QED) is 0.528. The van der Waals surface area contributed by atoms with Gasteiger partial charge in [0.05, 0.1) is 5.41 Å². The molecule has 0 fully saturated rings. The Hall–Kier alpha value is -1.02. The predicted octanol–water partition coefficient (Wildman–Crippen LogP) is 3.29. The van der Waals surface area contributed by atoms with Crippen LogP contribution in [0.2, 0.25) is 5.02 Å². The molecule has 3 heteroatoms. The van der Waals surface area contributed by atoms with E-state index in [1.54, 1.807) is 45.0 Å². The molecule has 0 atom stereocenters. The van der Waals surface area contributed by atoms with E-state index in [0.29, 0.717) is 10.8 Å². The van der Waals surface area contributed by atoms with Crippen molar-refractivity contribution in [1.82, 2.24) is 0 Å². The van der Waals surface area contributed by atoms with Crippen molar-refractivity contribution in [3.05, 3.63) is 29.3 Å². The second-order valence-corrected chi connectivity index (χ2v) is 4.53. The summed E-state index contributed by atoms with van der Waals surface area (Å²) in [6.45, 7) is 5.42. The van der Waals surface area contributed by atoms with E-state index in [1.807, 2.05) is 0 Å². The van der Waals surface area contributed by atoms with Gasteiger partial charge in [-0.3, -0.25) is 4.79 Å². The summed E-state index contributed by atoms with van der Waals surface area (Å²) < 4.78 is 5.14. The van der Waals surface area contributed by atoms with Crippen LogP contribution in [0.15, 0.2) is 24.3 Å². The Kier molecular flexibility index (Phi) is 3.17. The van der Waals surface area contributed by atoms with Crippen molar-refractivity contribution >= 4 is 17.6 Å². The van der Waals surface area contributed by atoms with E-state index >= 15 is 0 Å². The third kappa shape index (κ3) is 3.04. The van der Waals surface area contributed by atoms with E-state index in [2.05, 4.69) is 0 Å². The van der Waals surface area contributed by atoms with Crippen LogP contribution in [-0.2, 0) is 4.79 Å². The molecule has 0 aromatic heterocycles. The lowest BCUT2D eigenvalue weighted by molar-refractivity contribution is -0.142. The second-order valence-electron chi connectivity index (χ2n) is 4.10. The van der Waals surface area contributed by atoms with Gasteiger partial charge < -0.3 is 4.74 Å². The van der Waals surface area contributed by atoms with Gasteiger partial charge in [0.15, 0.2) is 0 Å². The Bertz CT molecular complexity index is 339. The summed E-state index contributed by atoms with van der Waals surface area (Å²) in [6, 6.07) is 6.80. The predicted molar refractivity (Wildman–Crippen MR) is 56.5 cm³/mol. The Morgan fingerprint density at radius 3 is 2.50 bits per heavy atom. The molecule has 0 bridgehead atoms. The van der Waals surface area contributed by atoms with Crippen LogP contribution in [0.3, 0.4) is 0 Å². The van der Waals surface area contributed by atoms with Crippen molar-refractivity contribution in [2.75, 3.05) is 0 Å². The SMILES string of the molecule is CC(C)(C)C(=O)Oc1cccc(Cl)c1. The minimum atomic E-state index is -0.498. The number of rotatable bonds is 1. The van der Waals surface area contributed by atoms with Crippen LogP contribution in [-0.4, -0.2) is 5.97 Å². The first-order chi connectivity index (χ1) is 6.39. The van der Waals surface area contributed by atoms with Gasteiger partial charge in [0, 0.05) is 5.02 Å². The standard InChI is InChI=1S/C11H13ClO2/c1-11(2,3)10(13)14-9-6-4-5-8(12)7-9/h4-7H,1-3H3. The molecule has 1 aromatic carbocycles. The summed E-state index contributed by atoms with van der Waals surface area (Å²) in [6.07, 6.45) is 0. The van der Waals surface area contributed by atoms with Crippen molar-refractivity contribution < 1.29 is 9.53 Å². The fourth-order valence-corrected chi connectivity index (χ4v) is 0.971. The Balaban J connectivity index is 2.75. The average Bonchev–Trinajstić information content (AvgIpc) is 2.02. The molecule has 0 aliphatic carbocycles. The molecule has 1 rings (SSSR count). The molecule has 0 saturated carbocycles. The van der Waals surface area contributed by atoms with E-state index < -0.39 is 5.41 Å². The van der Waals surface area contributed by atoms with Gasteiger partial charge in [-0.25, -0.2) is 0 Å². The highest BCUT2D eigenvalue weighted by atomic mass is 35.5. The molecule has 76 valence electrons. The maximum absolute atomic E-state index is 11.5. The molecule has 0 aliphatic heterocycles. The maximum Gasteiger partial charge on any atom is 0.316 e. The molecular weight excluding hydrogens is 200 g/mol. The average molecular weight is 213 g/mol. The summed E-state index contributed by atoms with van der Waals surface area (Å²) in [5.41, 5.74) is -0.498. The van der Waals surface area contributed by atoms with E-state index in [9.17, 15) is 4.79 Å². The zero-order valence-corrected chi connectivity index (χ0v) is 9.26. The van der Waals surface area contributed by atoms with Crippen LogP contribution in [0.5, 0.6) is 5.75 Å². The van der Waals surface area contributed by atoms with Gasteiger partial charge in [0.2, 0.25) is 0 Å². The summed E-state index contributed by atoms with van der Waals surface area (Å²) in [4.78, 5) is 11.5. The van der Waals surface area contributed by atoms with Gasteiger partial charge in [-0.1, -0.05) is 17.7 Å². The lowest BCUT2D eigenvalue weighted by atomic mass is 9.97. The minimum absolute atomic E-state index is 0.264. The van der Waals surface area contributed by atoms with Crippen LogP contribution in [0.25, 0.3) is 0 Å². The van der Waals surface area contributed by atoms with E-state index in [1.165, 1.54) is 0 Å². The van der Waals surface area contributed by atoms with Crippen LogP contribution in [0.4, 0.5) is 0 Å². The Morgan fingerprint density at radius 1 is 1.36 bits per heavy atom. The lowest BCUT2D eigenvalue weighted by Gasteiger charge is -2.16. The summed E-state index contributed by atoms with van der Waals surface area (Å²) >= 11 is 5.75. The molecule has 0 spiro atoms. The number of esters is 1. The number of carbonyl (C=O) groups excluding carboxylic acids is 1. The Morgan fingerprint density at radius 2 is 2.00 bits per heavy atom. The third-order valence-electron chi connectivity index (χ3n) is 1.62. The highest BCUT2D eigenvalue weighted by Gasteiger charge is 2.23. The Labute approximate surface area is 88.8 Å². The molecule has 2 nitrogen and oxygen atoms in total. The first-order valence-corrected chi connectivity index (χ1v) is 4.75. The number of hydrogen-bond donors (Lipinski definition) is 0. The van der Waals surface area contributed by atoms with Crippen molar-refractivity contribution in [1.29, 1.82) is 0 Å². The zero-order chi connectivity index (χ0) is 10.8. The first-order valence-electron chi connectivity index (χ1n) is 4.37. The fourth-order valence-electron chi connectivity index (χ4n) is 0.791. The number of benzene rings is 1. The number of ether oxygens (including phenoxy) is 1. The van der Waals surface area contributed by atoms with Crippen LogP contribution in [0, 0.1) is 5.41 Å².